The van der Waals surface area contributed by atoms with Crippen molar-refractivity contribution in [2.75, 3.05) is 26.9 Å². The van der Waals surface area contributed by atoms with Gasteiger partial charge in [-0.2, -0.15) is 0 Å². The number of hydrogen-bond acceptors (Lipinski definition) is 5. The van der Waals surface area contributed by atoms with Crippen molar-refractivity contribution in [2.24, 2.45) is 0 Å². The Morgan fingerprint density at radius 1 is 1.32 bits per heavy atom. The molecule has 0 bridgehead atoms. The molecule has 2 aromatic rings. The number of amides is 1. The Balaban J connectivity index is 2.14. The Kier molecular flexibility index (Phi) is 5.55. The third-order valence-corrected chi connectivity index (χ3v) is 3.14. The van der Waals surface area contributed by atoms with Crippen LogP contribution in [0.4, 0.5) is 0 Å². The Labute approximate surface area is 128 Å². The summed E-state index contributed by atoms with van der Waals surface area (Å²) in [6.07, 6.45) is 0.687. The molecule has 0 unspecified atom stereocenters. The molecule has 22 heavy (non-hydrogen) atoms. The third kappa shape index (κ3) is 3.85. The van der Waals surface area contributed by atoms with Crippen LogP contribution in [-0.4, -0.2) is 32.8 Å². The number of fused-ring (bicyclic) bond motifs is 1. The average Bonchev–Trinajstić information content (AvgIpc) is 2.53. The normalized spacial score (nSPS) is 10.6. The van der Waals surface area contributed by atoms with Gasteiger partial charge < -0.3 is 19.2 Å². The molecule has 1 heterocycles. The minimum atomic E-state index is -0.653. The highest BCUT2D eigenvalue weighted by Gasteiger charge is 2.13. The number of carbonyl (C=O) groups excluding carboxylic acids is 1. The summed E-state index contributed by atoms with van der Waals surface area (Å²) in [4.78, 5) is 23.9. The van der Waals surface area contributed by atoms with Crippen LogP contribution in [0.1, 0.15) is 23.7 Å². The summed E-state index contributed by atoms with van der Waals surface area (Å²) in [5.41, 5.74) is -0.254. The van der Waals surface area contributed by atoms with Crippen molar-refractivity contribution in [3.05, 3.63) is 40.2 Å². The van der Waals surface area contributed by atoms with Crippen molar-refractivity contribution in [1.82, 2.24) is 5.32 Å². The standard InChI is InChI=1S/C16H19NO5/c1-3-21-8-4-7-17-15(18)13-10-11-9-12(20-2)5-6-14(11)22-16(13)19/h5-6,9-10H,3-4,7-8H2,1-2H3,(H,17,18). The summed E-state index contributed by atoms with van der Waals surface area (Å²) in [6.45, 7) is 3.56. The summed E-state index contributed by atoms with van der Waals surface area (Å²) in [7, 11) is 1.55. The first-order chi connectivity index (χ1) is 10.7. The van der Waals surface area contributed by atoms with Gasteiger partial charge in [0.05, 0.1) is 7.11 Å². The van der Waals surface area contributed by atoms with Gasteiger partial charge in [0, 0.05) is 25.1 Å². The summed E-state index contributed by atoms with van der Waals surface area (Å²) in [6, 6.07) is 6.56. The van der Waals surface area contributed by atoms with Crippen LogP contribution in [0.25, 0.3) is 11.0 Å². The van der Waals surface area contributed by atoms with E-state index in [-0.39, 0.29) is 5.56 Å². The van der Waals surface area contributed by atoms with Crippen LogP contribution in [-0.2, 0) is 4.74 Å². The van der Waals surface area contributed by atoms with Crippen LogP contribution in [0.15, 0.2) is 33.5 Å². The van der Waals surface area contributed by atoms with Crippen molar-refractivity contribution < 1.29 is 18.7 Å². The average molecular weight is 305 g/mol. The van der Waals surface area contributed by atoms with Crippen LogP contribution in [0.2, 0.25) is 0 Å². The second-order valence-electron chi connectivity index (χ2n) is 4.66. The number of nitrogens with one attached hydrogen (secondary N) is 1. The van der Waals surface area contributed by atoms with E-state index in [1.165, 1.54) is 6.07 Å². The predicted molar refractivity (Wildman–Crippen MR) is 82.5 cm³/mol. The summed E-state index contributed by atoms with van der Waals surface area (Å²) in [5, 5.41) is 3.32. The molecule has 0 aliphatic heterocycles. The molecule has 2 rings (SSSR count). The van der Waals surface area contributed by atoms with E-state index in [0.717, 1.165) is 0 Å². The molecule has 1 amide bonds. The van der Waals surface area contributed by atoms with Crippen molar-refractivity contribution in [3.63, 3.8) is 0 Å². The summed E-state index contributed by atoms with van der Waals surface area (Å²) in [5.74, 6) is 0.180. The minimum Gasteiger partial charge on any atom is -0.497 e. The van der Waals surface area contributed by atoms with Crippen LogP contribution < -0.4 is 15.7 Å². The van der Waals surface area contributed by atoms with Gasteiger partial charge in [-0.25, -0.2) is 4.79 Å². The van der Waals surface area contributed by atoms with Gasteiger partial charge in [-0.1, -0.05) is 0 Å². The molecule has 0 aliphatic carbocycles. The third-order valence-electron chi connectivity index (χ3n) is 3.14. The summed E-state index contributed by atoms with van der Waals surface area (Å²) >= 11 is 0. The molecule has 6 nitrogen and oxygen atoms in total. The van der Waals surface area contributed by atoms with Gasteiger partial charge in [-0.15, -0.1) is 0 Å². The lowest BCUT2D eigenvalue weighted by atomic mass is 10.1. The molecule has 0 saturated heterocycles. The highest BCUT2D eigenvalue weighted by atomic mass is 16.5. The molecule has 0 fully saturated rings. The van der Waals surface area contributed by atoms with Crippen molar-refractivity contribution in [2.45, 2.75) is 13.3 Å². The largest absolute Gasteiger partial charge is 0.497 e. The fourth-order valence-electron chi connectivity index (χ4n) is 2.00. The van der Waals surface area contributed by atoms with Gasteiger partial charge in [0.2, 0.25) is 0 Å². The molecule has 1 N–H and O–H groups in total. The predicted octanol–water partition coefficient (Wildman–Crippen LogP) is 1.96. The fourth-order valence-corrected chi connectivity index (χ4v) is 2.00. The lowest BCUT2D eigenvalue weighted by Crippen LogP contribution is -2.29. The van der Waals surface area contributed by atoms with Gasteiger partial charge >= 0.3 is 5.63 Å². The van der Waals surface area contributed by atoms with E-state index in [2.05, 4.69) is 5.32 Å². The highest BCUT2D eigenvalue weighted by Crippen LogP contribution is 2.20. The molecule has 0 radical (unpaired) electrons. The molecule has 0 spiro atoms. The molecular weight excluding hydrogens is 286 g/mol. The molecule has 118 valence electrons. The molecule has 0 saturated carbocycles. The Bertz CT molecular complexity index is 707. The van der Waals surface area contributed by atoms with Crippen LogP contribution >= 0.6 is 0 Å². The van der Waals surface area contributed by atoms with Gasteiger partial charge in [-0.3, -0.25) is 4.79 Å². The van der Waals surface area contributed by atoms with E-state index in [1.807, 2.05) is 6.92 Å². The van der Waals surface area contributed by atoms with E-state index in [9.17, 15) is 9.59 Å². The maximum absolute atomic E-state index is 12.1. The van der Waals surface area contributed by atoms with Crippen molar-refractivity contribution in [1.29, 1.82) is 0 Å². The van der Waals surface area contributed by atoms with E-state index in [4.69, 9.17) is 13.9 Å². The number of benzene rings is 1. The van der Waals surface area contributed by atoms with Gasteiger partial charge in [0.1, 0.15) is 16.9 Å². The monoisotopic (exact) mass is 305 g/mol. The van der Waals surface area contributed by atoms with Crippen LogP contribution in [0.3, 0.4) is 0 Å². The SMILES string of the molecule is CCOCCCNC(=O)c1cc2cc(OC)ccc2oc1=O. The molecule has 0 aliphatic rings. The first kappa shape index (κ1) is 16.0. The van der Waals surface area contributed by atoms with Crippen LogP contribution in [0, 0.1) is 0 Å². The summed E-state index contributed by atoms with van der Waals surface area (Å²) < 4.78 is 15.5. The van der Waals surface area contributed by atoms with E-state index in [1.54, 1.807) is 25.3 Å². The second kappa shape index (κ2) is 7.61. The lowest BCUT2D eigenvalue weighted by molar-refractivity contribution is 0.0941. The smallest absolute Gasteiger partial charge is 0.349 e. The van der Waals surface area contributed by atoms with Crippen LogP contribution in [0.5, 0.6) is 5.75 Å². The van der Waals surface area contributed by atoms with Gasteiger partial charge in [0.15, 0.2) is 0 Å². The molecule has 6 heteroatoms. The minimum absolute atomic E-state index is 0.0165. The van der Waals surface area contributed by atoms with Gasteiger partial charge in [-0.05, 0) is 37.6 Å². The Morgan fingerprint density at radius 2 is 2.14 bits per heavy atom. The molecule has 1 aromatic heterocycles. The topological polar surface area (TPSA) is 77.8 Å². The van der Waals surface area contributed by atoms with E-state index >= 15 is 0 Å². The number of hydrogen-bond donors (Lipinski definition) is 1. The van der Waals surface area contributed by atoms with Crippen molar-refractivity contribution >= 4 is 16.9 Å². The molecule has 1 aromatic carbocycles. The fraction of sp³-hybridized carbons (Fsp3) is 0.375. The Hall–Kier alpha value is -2.34. The van der Waals surface area contributed by atoms with Crippen molar-refractivity contribution in [3.8, 4) is 5.75 Å². The number of rotatable bonds is 7. The molecular formula is C16H19NO5. The lowest BCUT2D eigenvalue weighted by Gasteiger charge is -2.06. The zero-order valence-electron chi connectivity index (χ0n) is 12.7. The zero-order valence-corrected chi connectivity index (χ0v) is 12.7. The second-order valence-corrected chi connectivity index (χ2v) is 4.66. The Morgan fingerprint density at radius 3 is 2.86 bits per heavy atom. The number of carbonyl (C=O) groups is 1. The highest BCUT2D eigenvalue weighted by molar-refractivity contribution is 5.96. The van der Waals surface area contributed by atoms with Gasteiger partial charge in [0.25, 0.3) is 5.91 Å². The van der Waals surface area contributed by atoms with E-state index in [0.29, 0.717) is 42.9 Å². The first-order valence-corrected chi connectivity index (χ1v) is 7.13. The number of methoxy groups -OCH3 is 1. The van der Waals surface area contributed by atoms with E-state index < -0.39 is 11.5 Å². The first-order valence-electron chi connectivity index (χ1n) is 7.13. The zero-order chi connectivity index (χ0) is 15.9. The maximum atomic E-state index is 12.1. The maximum Gasteiger partial charge on any atom is 0.349 e. The number of ether oxygens (including phenoxy) is 2. The quantitative estimate of drug-likeness (QED) is 0.625. The molecule has 0 atom stereocenters.